The number of aryl methyl sites for hydroxylation is 2. The number of rotatable bonds is 0. The van der Waals surface area contributed by atoms with Crippen LogP contribution in [0.5, 0.6) is 0 Å². The summed E-state index contributed by atoms with van der Waals surface area (Å²) < 4.78 is 2.16. The molecule has 0 aliphatic carbocycles. The van der Waals surface area contributed by atoms with Crippen LogP contribution in [0.15, 0.2) is 30.6 Å². The van der Waals surface area contributed by atoms with Gasteiger partial charge in [-0.1, -0.05) is 24.3 Å². The van der Waals surface area contributed by atoms with Crippen LogP contribution in [0.3, 0.4) is 0 Å². The molecule has 0 N–H and O–H groups in total. The number of benzene rings is 1. The number of hydrogen-bond acceptors (Lipinski definition) is 1. The van der Waals surface area contributed by atoms with Crippen molar-refractivity contribution in [1.82, 2.24) is 9.55 Å². The first-order chi connectivity index (χ1) is 6.45. The van der Waals surface area contributed by atoms with Crippen LogP contribution in [0.1, 0.15) is 5.56 Å². The maximum Gasteiger partial charge on any atom is 0.117 e. The zero-order valence-electron chi connectivity index (χ0n) is 7.20. The van der Waals surface area contributed by atoms with E-state index in [2.05, 4.69) is 40.0 Å². The zero-order chi connectivity index (χ0) is 8.67. The average molecular weight is 169 g/mol. The molecule has 0 bridgehead atoms. The standard InChI is InChI=1S/C11H9N2/c1-2-4-10-9(3-1)5-6-13-8-12-7-11(10)13/h1-4,8H,5-6H2. The van der Waals surface area contributed by atoms with Gasteiger partial charge in [-0.3, -0.25) is 0 Å². The fraction of sp³-hybridized carbons (Fsp3) is 0.182. The Kier molecular flexibility index (Phi) is 1.30. The third kappa shape index (κ3) is 0.917. The highest BCUT2D eigenvalue weighted by molar-refractivity contribution is 5.64. The van der Waals surface area contributed by atoms with Crippen molar-refractivity contribution >= 4 is 0 Å². The molecule has 2 aromatic rings. The maximum absolute atomic E-state index is 4.04. The van der Waals surface area contributed by atoms with E-state index in [1.165, 1.54) is 11.1 Å². The van der Waals surface area contributed by atoms with Gasteiger partial charge in [-0.2, -0.15) is 0 Å². The topological polar surface area (TPSA) is 17.8 Å². The normalized spacial score (nSPS) is 13.5. The first-order valence-electron chi connectivity index (χ1n) is 4.46. The van der Waals surface area contributed by atoms with Gasteiger partial charge in [0.25, 0.3) is 0 Å². The molecule has 0 spiro atoms. The van der Waals surface area contributed by atoms with Crippen molar-refractivity contribution in [2.45, 2.75) is 13.0 Å². The van der Waals surface area contributed by atoms with E-state index in [1.807, 2.05) is 6.33 Å². The Balaban J connectivity index is 2.30. The molecule has 1 aromatic heterocycles. The van der Waals surface area contributed by atoms with Crippen molar-refractivity contribution in [3.05, 3.63) is 42.4 Å². The van der Waals surface area contributed by atoms with Gasteiger partial charge < -0.3 is 4.57 Å². The summed E-state index contributed by atoms with van der Waals surface area (Å²) in [5.41, 5.74) is 3.82. The number of fused-ring (bicyclic) bond motifs is 3. The highest BCUT2D eigenvalue weighted by Crippen LogP contribution is 2.27. The summed E-state index contributed by atoms with van der Waals surface area (Å²) in [5, 5.41) is 0. The minimum atomic E-state index is 1.03. The minimum Gasteiger partial charge on any atom is -0.330 e. The van der Waals surface area contributed by atoms with Gasteiger partial charge in [0.1, 0.15) is 6.20 Å². The van der Waals surface area contributed by atoms with E-state index in [0.29, 0.717) is 0 Å². The molecule has 0 saturated carbocycles. The first kappa shape index (κ1) is 6.89. The van der Waals surface area contributed by atoms with Gasteiger partial charge in [0, 0.05) is 12.1 Å². The molecule has 3 rings (SSSR count). The average Bonchev–Trinajstić information content (AvgIpc) is 2.65. The molecular formula is C11H9N2. The Bertz CT molecular complexity index is 443. The Hall–Kier alpha value is -1.57. The molecule has 13 heavy (non-hydrogen) atoms. The predicted molar refractivity (Wildman–Crippen MR) is 50.2 cm³/mol. The summed E-state index contributed by atoms with van der Waals surface area (Å²) >= 11 is 0. The van der Waals surface area contributed by atoms with Crippen molar-refractivity contribution in [1.29, 1.82) is 0 Å². The molecule has 1 radical (unpaired) electrons. The molecule has 0 amide bonds. The fourth-order valence-electron chi connectivity index (χ4n) is 1.88. The Labute approximate surface area is 76.9 Å². The summed E-state index contributed by atoms with van der Waals surface area (Å²) in [4.78, 5) is 4.04. The van der Waals surface area contributed by atoms with Crippen molar-refractivity contribution in [3.63, 3.8) is 0 Å². The molecule has 2 nitrogen and oxygen atoms in total. The summed E-state index contributed by atoms with van der Waals surface area (Å²) in [6, 6.07) is 8.47. The van der Waals surface area contributed by atoms with E-state index in [0.717, 1.165) is 18.7 Å². The second-order valence-electron chi connectivity index (χ2n) is 3.31. The summed E-state index contributed by atoms with van der Waals surface area (Å²) in [5.74, 6) is 0. The molecule has 63 valence electrons. The van der Waals surface area contributed by atoms with Gasteiger partial charge in [0.05, 0.1) is 12.0 Å². The van der Waals surface area contributed by atoms with Gasteiger partial charge >= 0.3 is 0 Å². The van der Waals surface area contributed by atoms with Crippen LogP contribution < -0.4 is 0 Å². The zero-order valence-corrected chi connectivity index (χ0v) is 7.20. The van der Waals surface area contributed by atoms with Crippen LogP contribution >= 0.6 is 0 Å². The van der Waals surface area contributed by atoms with Crippen LogP contribution in [-0.2, 0) is 13.0 Å². The van der Waals surface area contributed by atoms with Gasteiger partial charge in [-0.05, 0) is 12.0 Å². The summed E-state index contributed by atoms with van der Waals surface area (Å²) in [6.45, 7) is 1.03. The Morgan fingerprint density at radius 2 is 2.23 bits per heavy atom. The van der Waals surface area contributed by atoms with Crippen LogP contribution in [0.4, 0.5) is 0 Å². The van der Waals surface area contributed by atoms with Crippen LogP contribution in [-0.4, -0.2) is 9.55 Å². The van der Waals surface area contributed by atoms with Crippen LogP contribution in [0.25, 0.3) is 11.3 Å². The maximum atomic E-state index is 4.04. The number of imidazole rings is 1. The molecule has 2 heterocycles. The number of nitrogens with zero attached hydrogens (tertiary/aromatic N) is 2. The number of aromatic nitrogens is 2. The van der Waals surface area contributed by atoms with E-state index in [9.17, 15) is 0 Å². The lowest BCUT2D eigenvalue weighted by Gasteiger charge is -2.17. The van der Waals surface area contributed by atoms with Crippen molar-refractivity contribution in [3.8, 4) is 11.3 Å². The number of hydrogen-bond donors (Lipinski definition) is 0. The lowest BCUT2D eigenvalue weighted by Crippen LogP contribution is -2.09. The van der Waals surface area contributed by atoms with Crippen molar-refractivity contribution < 1.29 is 0 Å². The highest BCUT2D eigenvalue weighted by Gasteiger charge is 2.14. The molecule has 0 saturated heterocycles. The lowest BCUT2D eigenvalue weighted by atomic mass is 9.99. The van der Waals surface area contributed by atoms with Gasteiger partial charge in [0.2, 0.25) is 0 Å². The monoisotopic (exact) mass is 169 g/mol. The Morgan fingerprint density at radius 3 is 3.23 bits per heavy atom. The van der Waals surface area contributed by atoms with Crippen molar-refractivity contribution in [2.24, 2.45) is 0 Å². The van der Waals surface area contributed by atoms with E-state index in [1.54, 1.807) is 0 Å². The molecule has 0 fully saturated rings. The van der Waals surface area contributed by atoms with Crippen LogP contribution in [0.2, 0.25) is 0 Å². The van der Waals surface area contributed by atoms with E-state index >= 15 is 0 Å². The molecule has 1 aliphatic rings. The molecule has 2 heteroatoms. The largest absolute Gasteiger partial charge is 0.330 e. The third-order valence-corrected chi connectivity index (χ3v) is 2.55. The lowest BCUT2D eigenvalue weighted by molar-refractivity contribution is 0.684. The molecule has 0 atom stereocenters. The molecular weight excluding hydrogens is 160 g/mol. The van der Waals surface area contributed by atoms with E-state index < -0.39 is 0 Å². The third-order valence-electron chi connectivity index (χ3n) is 2.55. The van der Waals surface area contributed by atoms with Gasteiger partial charge in [-0.25, -0.2) is 4.98 Å². The minimum absolute atomic E-state index is 1.03. The van der Waals surface area contributed by atoms with Gasteiger partial charge in [-0.15, -0.1) is 0 Å². The van der Waals surface area contributed by atoms with E-state index in [4.69, 9.17) is 0 Å². The second-order valence-corrected chi connectivity index (χ2v) is 3.31. The SMILES string of the molecule is [c]1ncn2c1-c1ccccc1CC2. The summed E-state index contributed by atoms with van der Waals surface area (Å²) in [6.07, 6.45) is 5.98. The second kappa shape index (κ2) is 2.46. The quantitative estimate of drug-likeness (QED) is 0.589. The molecule has 1 aromatic carbocycles. The predicted octanol–water partition coefficient (Wildman–Crippen LogP) is 1.91. The fourth-order valence-corrected chi connectivity index (χ4v) is 1.88. The van der Waals surface area contributed by atoms with Gasteiger partial charge in [0.15, 0.2) is 0 Å². The molecule has 0 unspecified atom stereocenters. The Morgan fingerprint density at radius 1 is 1.31 bits per heavy atom. The molecule has 1 aliphatic heterocycles. The summed E-state index contributed by atoms with van der Waals surface area (Å²) in [7, 11) is 0. The first-order valence-corrected chi connectivity index (χ1v) is 4.46. The smallest absolute Gasteiger partial charge is 0.117 e. The highest BCUT2D eigenvalue weighted by atomic mass is 15.0. The van der Waals surface area contributed by atoms with Crippen molar-refractivity contribution in [2.75, 3.05) is 0 Å². The van der Waals surface area contributed by atoms with Crippen LogP contribution in [0, 0.1) is 6.20 Å². The van der Waals surface area contributed by atoms with E-state index in [-0.39, 0.29) is 0 Å².